The molecule has 220 valence electrons. The molecule has 0 spiro atoms. The quantitative estimate of drug-likeness (QED) is 0.326. The lowest BCUT2D eigenvalue weighted by Gasteiger charge is -2.38. The van der Waals surface area contributed by atoms with Crippen LogP contribution in [0.3, 0.4) is 0 Å². The first-order chi connectivity index (χ1) is 20.0. The van der Waals surface area contributed by atoms with E-state index in [-0.39, 0.29) is 11.4 Å². The number of pyridine rings is 3. The molecule has 13 heteroatoms. The van der Waals surface area contributed by atoms with Gasteiger partial charge in [0.25, 0.3) is 5.91 Å². The maximum absolute atomic E-state index is 13.1. The molecule has 0 atom stereocenters. The Morgan fingerprint density at radius 3 is 2.45 bits per heavy atom. The molecule has 1 N–H and O–H groups in total. The summed E-state index contributed by atoms with van der Waals surface area (Å²) in [5.41, 5.74) is 2.52. The molecule has 0 unspecified atom stereocenters. The van der Waals surface area contributed by atoms with Crippen LogP contribution >= 0.6 is 0 Å². The SMILES string of the molecule is Cc1ncc(NC(=O)c2cc(C(F)(F)F)ccn2)cc1-n1cc(-c2cncc(N(C)C3CCC(N(C)C)CC3)c2)nn1. The van der Waals surface area contributed by atoms with E-state index >= 15 is 0 Å². The number of nitrogens with one attached hydrogen (secondary N) is 1. The first-order valence-electron chi connectivity index (χ1n) is 13.6. The highest BCUT2D eigenvalue weighted by Gasteiger charge is 2.31. The molecular formula is C29H32F3N9O. The van der Waals surface area contributed by atoms with Crippen molar-refractivity contribution in [3.05, 3.63) is 72.2 Å². The van der Waals surface area contributed by atoms with Gasteiger partial charge in [-0.1, -0.05) is 5.21 Å². The zero-order chi connectivity index (χ0) is 30.0. The summed E-state index contributed by atoms with van der Waals surface area (Å²) in [5, 5.41) is 11.2. The van der Waals surface area contributed by atoms with Gasteiger partial charge < -0.3 is 15.1 Å². The third-order valence-corrected chi connectivity index (χ3v) is 7.75. The molecular weight excluding hydrogens is 547 g/mol. The predicted octanol–water partition coefficient (Wildman–Crippen LogP) is 5.01. The summed E-state index contributed by atoms with van der Waals surface area (Å²) in [6.07, 6.45) is 7.65. The molecule has 0 aliphatic heterocycles. The Morgan fingerprint density at radius 2 is 1.74 bits per heavy atom. The van der Waals surface area contributed by atoms with Gasteiger partial charge in [-0.25, -0.2) is 4.68 Å². The Kier molecular flexibility index (Phi) is 8.21. The molecule has 0 saturated heterocycles. The largest absolute Gasteiger partial charge is 0.416 e. The maximum atomic E-state index is 13.1. The summed E-state index contributed by atoms with van der Waals surface area (Å²) < 4.78 is 40.7. The lowest BCUT2D eigenvalue weighted by molar-refractivity contribution is -0.137. The molecule has 0 radical (unpaired) electrons. The van der Waals surface area contributed by atoms with Crippen molar-refractivity contribution < 1.29 is 18.0 Å². The average Bonchev–Trinajstić information content (AvgIpc) is 3.48. The number of amides is 1. The van der Waals surface area contributed by atoms with Crippen LogP contribution in [0.4, 0.5) is 24.5 Å². The minimum atomic E-state index is -4.59. The number of hydrogen-bond acceptors (Lipinski definition) is 8. The lowest BCUT2D eigenvalue weighted by Crippen LogP contribution is -2.40. The minimum absolute atomic E-state index is 0.270. The Balaban J connectivity index is 1.32. The van der Waals surface area contributed by atoms with Gasteiger partial charge in [0.15, 0.2) is 0 Å². The van der Waals surface area contributed by atoms with E-state index in [2.05, 4.69) is 61.5 Å². The van der Waals surface area contributed by atoms with Gasteiger partial charge in [-0.05, 0) is 71.0 Å². The van der Waals surface area contributed by atoms with Gasteiger partial charge in [0, 0.05) is 37.1 Å². The third kappa shape index (κ3) is 6.40. The number of carbonyl (C=O) groups is 1. The Labute approximate surface area is 241 Å². The van der Waals surface area contributed by atoms with Crippen LogP contribution in [0.25, 0.3) is 16.9 Å². The van der Waals surface area contributed by atoms with Crippen LogP contribution in [0.15, 0.2) is 55.2 Å². The topological polar surface area (TPSA) is 105 Å². The number of rotatable bonds is 7. The number of aromatic nitrogens is 6. The van der Waals surface area contributed by atoms with Crippen LogP contribution in [0.5, 0.6) is 0 Å². The fourth-order valence-electron chi connectivity index (χ4n) is 5.20. The van der Waals surface area contributed by atoms with Crippen LogP contribution in [-0.2, 0) is 6.18 Å². The lowest BCUT2D eigenvalue weighted by atomic mass is 9.89. The molecule has 4 aromatic heterocycles. The van der Waals surface area contributed by atoms with Crippen molar-refractivity contribution in [2.24, 2.45) is 0 Å². The van der Waals surface area contributed by atoms with Gasteiger partial charge >= 0.3 is 6.18 Å². The van der Waals surface area contributed by atoms with Crippen molar-refractivity contribution in [1.29, 1.82) is 0 Å². The predicted molar refractivity (Wildman–Crippen MR) is 152 cm³/mol. The van der Waals surface area contributed by atoms with Crippen molar-refractivity contribution in [3.8, 4) is 16.9 Å². The van der Waals surface area contributed by atoms with E-state index in [9.17, 15) is 18.0 Å². The minimum Gasteiger partial charge on any atom is -0.370 e. The average molecular weight is 580 g/mol. The number of carbonyl (C=O) groups excluding carboxylic acids is 1. The van der Waals surface area contributed by atoms with E-state index in [0.717, 1.165) is 49.2 Å². The van der Waals surface area contributed by atoms with Gasteiger partial charge in [-0.2, -0.15) is 13.2 Å². The number of nitrogens with zero attached hydrogens (tertiary/aromatic N) is 8. The van der Waals surface area contributed by atoms with Gasteiger partial charge in [0.1, 0.15) is 11.4 Å². The zero-order valence-corrected chi connectivity index (χ0v) is 23.8. The summed E-state index contributed by atoms with van der Waals surface area (Å²) in [6.45, 7) is 1.78. The Hall–Kier alpha value is -4.39. The summed E-state index contributed by atoms with van der Waals surface area (Å²) in [4.78, 5) is 29.8. The third-order valence-electron chi connectivity index (χ3n) is 7.75. The molecule has 42 heavy (non-hydrogen) atoms. The summed E-state index contributed by atoms with van der Waals surface area (Å²) in [6, 6.07) is 6.24. The molecule has 1 aliphatic carbocycles. The molecule has 1 saturated carbocycles. The normalized spacial score (nSPS) is 17.3. The molecule has 4 aromatic rings. The molecule has 1 fully saturated rings. The smallest absolute Gasteiger partial charge is 0.370 e. The monoisotopic (exact) mass is 579 g/mol. The Bertz CT molecular complexity index is 1560. The van der Waals surface area contributed by atoms with E-state index in [1.807, 2.05) is 12.3 Å². The van der Waals surface area contributed by atoms with Crippen LogP contribution in [-0.4, -0.2) is 74.0 Å². The van der Waals surface area contributed by atoms with Crippen molar-refractivity contribution >= 4 is 17.3 Å². The molecule has 0 bridgehead atoms. The second-order valence-electron chi connectivity index (χ2n) is 10.7. The summed E-state index contributed by atoms with van der Waals surface area (Å²) in [7, 11) is 6.37. The standard InChI is InChI=1S/C29H32F3N9O/c1-18-27(13-21(15-35-18)36-28(42)25-12-20(9-10-34-25)29(30,31)32)41-17-26(37-38-41)19-11-24(16-33-14-19)40(4)23-7-5-22(6-8-23)39(2)3/h9-17,22-23H,5-8H2,1-4H3,(H,36,42). The highest BCUT2D eigenvalue weighted by atomic mass is 19.4. The van der Waals surface area contributed by atoms with Gasteiger partial charge in [-0.15, -0.1) is 5.10 Å². The van der Waals surface area contributed by atoms with E-state index in [1.165, 1.54) is 10.9 Å². The van der Waals surface area contributed by atoms with Crippen LogP contribution < -0.4 is 10.2 Å². The first-order valence-corrected chi connectivity index (χ1v) is 13.6. The second kappa shape index (κ2) is 11.8. The fraction of sp³-hybridized carbons (Fsp3) is 0.379. The molecule has 5 rings (SSSR count). The number of anilines is 2. The number of halogens is 3. The van der Waals surface area contributed by atoms with Gasteiger partial charge in [-0.3, -0.25) is 19.7 Å². The maximum Gasteiger partial charge on any atom is 0.416 e. The van der Waals surface area contributed by atoms with Gasteiger partial charge in [0.2, 0.25) is 0 Å². The van der Waals surface area contributed by atoms with Crippen molar-refractivity contribution in [2.75, 3.05) is 31.4 Å². The highest BCUT2D eigenvalue weighted by Crippen LogP contribution is 2.31. The fourth-order valence-corrected chi connectivity index (χ4v) is 5.20. The van der Waals surface area contributed by atoms with E-state index in [4.69, 9.17) is 0 Å². The number of hydrogen-bond donors (Lipinski definition) is 1. The summed E-state index contributed by atoms with van der Waals surface area (Å²) in [5.74, 6) is -0.792. The zero-order valence-electron chi connectivity index (χ0n) is 23.8. The Morgan fingerprint density at radius 1 is 1.00 bits per heavy atom. The van der Waals surface area contributed by atoms with Crippen molar-refractivity contribution in [2.45, 2.75) is 50.9 Å². The summed E-state index contributed by atoms with van der Waals surface area (Å²) >= 11 is 0. The second-order valence-corrected chi connectivity index (χ2v) is 10.7. The van der Waals surface area contributed by atoms with Gasteiger partial charge in [0.05, 0.1) is 46.9 Å². The van der Waals surface area contributed by atoms with Crippen molar-refractivity contribution in [1.82, 2.24) is 34.8 Å². The van der Waals surface area contributed by atoms with E-state index in [0.29, 0.717) is 35.2 Å². The number of alkyl halides is 3. The van der Waals surface area contributed by atoms with Crippen molar-refractivity contribution in [3.63, 3.8) is 0 Å². The molecule has 0 aromatic carbocycles. The van der Waals surface area contributed by atoms with Crippen LogP contribution in [0.1, 0.15) is 47.4 Å². The molecule has 1 amide bonds. The van der Waals surface area contributed by atoms with Crippen LogP contribution in [0, 0.1) is 6.92 Å². The number of aryl methyl sites for hydroxylation is 1. The highest BCUT2D eigenvalue weighted by molar-refractivity contribution is 6.03. The van der Waals surface area contributed by atoms with E-state index in [1.54, 1.807) is 25.4 Å². The first kappa shape index (κ1) is 29.1. The van der Waals surface area contributed by atoms with E-state index < -0.39 is 17.6 Å². The molecule has 1 aliphatic rings. The molecule has 4 heterocycles. The molecule has 10 nitrogen and oxygen atoms in total. The van der Waals surface area contributed by atoms with Crippen LogP contribution in [0.2, 0.25) is 0 Å².